The normalized spacial score (nSPS) is 41.2. The molecule has 4 unspecified atom stereocenters. The number of aliphatic hydroxyl groups is 3. The fourth-order valence-corrected chi connectivity index (χ4v) is 1.17. The van der Waals surface area contributed by atoms with Gasteiger partial charge in [0.15, 0.2) is 0 Å². The van der Waals surface area contributed by atoms with Crippen molar-refractivity contribution in [1.82, 2.24) is 0 Å². The summed E-state index contributed by atoms with van der Waals surface area (Å²) in [6, 6.07) is 0. The molecule has 0 aromatic rings. The first kappa shape index (κ1) is 9.18. The summed E-state index contributed by atoms with van der Waals surface area (Å²) < 4.78 is 0. The highest BCUT2D eigenvalue weighted by molar-refractivity contribution is 5.72. The smallest absolute Gasteiger partial charge is 0.312 e. The van der Waals surface area contributed by atoms with Crippen molar-refractivity contribution in [3.8, 4) is 0 Å². The van der Waals surface area contributed by atoms with Gasteiger partial charge in [-0.3, -0.25) is 4.79 Å². The second-order valence-electron chi connectivity index (χ2n) is 2.72. The summed E-state index contributed by atoms with van der Waals surface area (Å²) in [5, 5.41) is 35.8. The molecule has 1 rings (SSSR count). The Balaban J connectivity index is 2.84. The minimum absolute atomic E-state index is 1.16. The lowest BCUT2D eigenvalue weighted by Gasteiger charge is -2.28. The van der Waals surface area contributed by atoms with Crippen LogP contribution in [0.2, 0.25) is 0 Å². The van der Waals surface area contributed by atoms with E-state index in [1.54, 1.807) is 0 Å². The minimum atomic E-state index is -1.44. The Hall–Kier alpha value is -0.910. The second kappa shape index (κ2) is 3.22. The molecule has 0 aromatic carbocycles. The van der Waals surface area contributed by atoms with Crippen molar-refractivity contribution in [2.24, 2.45) is 5.92 Å². The van der Waals surface area contributed by atoms with E-state index in [0.29, 0.717) is 0 Å². The van der Waals surface area contributed by atoms with Gasteiger partial charge in [0.25, 0.3) is 0 Å². The highest BCUT2D eigenvalue weighted by Crippen LogP contribution is 2.20. The number of aliphatic carboxylic acids is 1. The molecule has 0 aliphatic heterocycles. The first-order valence-electron chi connectivity index (χ1n) is 3.49. The van der Waals surface area contributed by atoms with Gasteiger partial charge >= 0.3 is 5.97 Å². The number of hydrogen-bond donors (Lipinski definition) is 4. The highest BCUT2D eigenvalue weighted by Gasteiger charge is 2.38. The van der Waals surface area contributed by atoms with Crippen LogP contribution in [0.1, 0.15) is 0 Å². The van der Waals surface area contributed by atoms with E-state index in [1.807, 2.05) is 0 Å². The topological polar surface area (TPSA) is 98.0 Å². The van der Waals surface area contributed by atoms with Crippen molar-refractivity contribution in [1.29, 1.82) is 0 Å². The number of rotatable bonds is 1. The highest BCUT2D eigenvalue weighted by atomic mass is 16.4. The lowest BCUT2D eigenvalue weighted by atomic mass is 9.87. The molecule has 0 saturated heterocycles. The predicted octanol–water partition coefficient (Wildman–Crippen LogP) is -1.66. The molecule has 5 heteroatoms. The standard InChI is InChI=1S/C7H10O5/c8-3-1-2-4(9)6(10)5(3)7(11)12/h1-6,8-10H,(H,11,12). The molecule has 0 saturated carbocycles. The molecule has 4 N–H and O–H groups in total. The third-order valence-corrected chi connectivity index (χ3v) is 1.88. The fourth-order valence-electron chi connectivity index (χ4n) is 1.17. The maximum atomic E-state index is 10.5. The first-order chi connectivity index (χ1) is 5.54. The molecule has 0 fully saturated rings. The van der Waals surface area contributed by atoms with Crippen LogP contribution in [0.4, 0.5) is 0 Å². The Morgan fingerprint density at radius 2 is 1.58 bits per heavy atom. The van der Waals surface area contributed by atoms with Gasteiger partial charge in [-0.2, -0.15) is 0 Å². The molecule has 0 heterocycles. The second-order valence-corrected chi connectivity index (χ2v) is 2.72. The molecule has 0 spiro atoms. The third kappa shape index (κ3) is 1.47. The SMILES string of the molecule is O=C(O)C1C(O)C=CC(O)C1O. The Morgan fingerprint density at radius 3 is 2.00 bits per heavy atom. The van der Waals surface area contributed by atoms with E-state index in [9.17, 15) is 4.79 Å². The van der Waals surface area contributed by atoms with Crippen molar-refractivity contribution in [2.75, 3.05) is 0 Å². The van der Waals surface area contributed by atoms with Crippen molar-refractivity contribution < 1.29 is 25.2 Å². The average Bonchev–Trinajstić information content (AvgIpc) is 1.97. The Morgan fingerprint density at radius 1 is 1.08 bits per heavy atom. The van der Waals surface area contributed by atoms with Gasteiger partial charge in [0.2, 0.25) is 0 Å². The fraction of sp³-hybridized carbons (Fsp3) is 0.571. The zero-order chi connectivity index (χ0) is 9.30. The van der Waals surface area contributed by atoms with Crippen LogP contribution in [0.3, 0.4) is 0 Å². The molecule has 12 heavy (non-hydrogen) atoms. The van der Waals surface area contributed by atoms with E-state index in [-0.39, 0.29) is 0 Å². The molecule has 4 atom stereocenters. The Labute approximate surface area is 68.6 Å². The van der Waals surface area contributed by atoms with E-state index >= 15 is 0 Å². The summed E-state index contributed by atoms with van der Waals surface area (Å²) in [5.74, 6) is -2.66. The molecular weight excluding hydrogens is 164 g/mol. The van der Waals surface area contributed by atoms with Gasteiger partial charge in [0.05, 0.1) is 18.3 Å². The lowest BCUT2D eigenvalue weighted by Crippen LogP contribution is -2.46. The van der Waals surface area contributed by atoms with Gasteiger partial charge in [0.1, 0.15) is 5.92 Å². The van der Waals surface area contributed by atoms with Gasteiger partial charge in [0, 0.05) is 0 Å². The van der Waals surface area contributed by atoms with Gasteiger partial charge in [-0.25, -0.2) is 0 Å². The summed E-state index contributed by atoms with van der Waals surface area (Å²) in [6.45, 7) is 0. The van der Waals surface area contributed by atoms with Crippen molar-refractivity contribution in [3.05, 3.63) is 12.2 Å². The van der Waals surface area contributed by atoms with E-state index in [1.165, 1.54) is 6.08 Å². The molecule has 0 amide bonds. The Bertz CT molecular complexity index is 212. The van der Waals surface area contributed by atoms with Crippen LogP contribution < -0.4 is 0 Å². The Kier molecular flexibility index (Phi) is 2.46. The van der Waals surface area contributed by atoms with Crippen molar-refractivity contribution in [3.63, 3.8) is 0 Å². The van der Waals surface area contributed by atoms with Crippen LogP contribution in [0, 0.1) is 5.92 Å². The number of hydrogen-bond acceptors (Lipinski definition) is 4. The lowest BCUT2D eigenvalue weighted by molar-refractivity contribution is -0.154. The number of carboxylic acid groups (broad SMARTS) is 1. The average molecular weight is 174 g/mol. The van der Waals surface area contributed by atoms with E-state index in [4.69, 9.17) is 20.4 Å². The molecular formula is C7H10O5. The largest absolute Gasteiger partial charge is 0.481 e. The van der Waals surface area contributed by atoms with Crippen LogP contribution in [-0.2, 0) is 4.79 Å². The predicted molar refractivity (Wildman–Crippen MR) is 38.3 cm³/mol. The van der Waals surface area contributed by atoms with Crippen LogP contribution >= 0.6 is 0 Å². The van der Waals surface area contributed by atoms with Gasteiger partial charge < -0.3 is 20.4 Å². The van der Waals surface area contributed by atoms with Gasteiger partial charge in [-0.1, -0.05) is 12.2 Å². The number of carboxylic acids is 1. The third-order valence-electron chi connectivity index (χ3n) is 1.88. The monoisotopic (exact) mass is 174 g/mol. The summed E-state index contributed by atoms with van der Waals surface area (Å²) in [5.41, 5.74) is 0. The zero-order valence-electron chi connectivity index (χ0n) is 6.16. The maximum Gasteiger partial charge on any atom is 0.312 e. The van der Waals surface area contributed by atoms with E-state index in [2.05, 4.69) is 0 Å². The molecule has 1 aliphatic carbocycles. The van der Waals surface area contributed by atoms with Crippen LogP contribution in [0.5, 0.6) is 0 Å². The van der Waals surface area contributed by atoms with Crippen LogP contribution in [0.15, 0.2) is 12.2 Å². The maximum absolute atomic E-state index is 10.5. The molecule has 5 nitrogen and oxygen atoms in total. The molecule has 68 valence electrons. The zero-order valence-corrected chi connectivity index (χ0v) is 6.16. The molecule has 0 bridgehead atoms. The minimum Gasteiger partial charge on any atom is -0.481 e. The van der Waals surface area contributed by atoms with Crippen LogP contribution in [0.25, 0.3) is 0 Å². The van der Waals surface area contributed by atoms with Gasteiger partial charge in [-0.05, 0) is 0 Å². The van der Waals surface area contributed by atoms with Crippen LogP contribution in [-0.4, -0.2) is 44.7 Å². The van der Waals surface area contributed by atoms with E-state index < -0.39 is 30.2 Å². The van der Waals surface area contributed by atoms with E-state index in [0.717, 1.165) is 6.08 Å². The molecule has 1 aliphatic rings. The molecule has 0 radical (unpaired) electrons. The summed E-state index contributed by atoms with van der Waals surface area (Å²) in [4.78, 5) is 10.5. The van der Waals surface area contributed by atoms with Crippen molar-refractivity contribution >= 4 is 5.97 Å². The first-order valence-corrected chi connectivity index (χ1v) is 3.49. The number of carbonyl (C=O) groups is 1. The van der Waals surface area contributed by atoms with Crippen molar-refractivity contribution in [2.45, 2.75) is 18.3 Å². The number of aliphatic hydroxyl groups excluding tert-OH is 3. The summed E-state index contributed by atoms with van der Waals surface area (Å²) >= 11 is 0. The summed E-state index contributed by atoms with van der Waals surface area (Å²) in [6.07, 6.45) is -1.55. The molecule has 0 aromatic heterocycles. The summed E-state index contributed by atoms with van der Waals surface area (Å²) in [7, 11) is 0. The quantitative estimate of drug-likeness (QED) is 0.357. The van der Waals surface area contributed by atoms with Gasteiger partial charge in [-0.15, -0.1) is 0 Å².